The number of aromatic nitrogens is 2. The van der Waals surface area contributed by atoms with E-state index < -0.39 is 0 Å². The normalized spacial score (nSPS) is 21.2. The molecule has 1 unspecified atom stereocenters. The van der Waals surface area contributed by atoms with Crippen molar-refractivity contribution in [2.24, 2.45) is 0 Å². The lowest BCUT2D eigenvalue weighted by atomic mass is 10.2. The Labute approximate surface area is 95.2 Å². The fourth-order valence-electron chi connectivity index (χ4n) is 1.72. The van der Waals surface area contributed by atoms with Crippen LogP contribution in [0.5, 0.6) is 11.8 Å². The van der Waals surface area contributed by atoms with Gasteiger partial charge in [-0.05, 0) is 32.4 Å². The van der Waals surface area contributed by atoms with Gasteiger partial charge in [-0.3, -0.25) is 0 Å². The molecule has 1 aromatic rings. The third-order valence-corrected chi connectivity index (χ3v) is 2.63. The highest BCUT2D eigenvalue weighted by atomic mass is 16.5. The predicted octanol–water partition coefficient (Wildman–Crippen LogP) is 1.01. The predicted molar refractivity (Wildman–Crippen MR) is 59.7 cm³/mol. The summed E-state index contributed by atoms with van der Waals surface area (Å²) in [5.74, 6) is 0.648. The molecule has 1 N–H and O–H groups in total. The minimum Gasteiger partial charge on any atom is -0.494 e. The van der Waals surface area contributed by atoms with Crippen molar-refractivity contribution < 1.29 is 9.47 Å². The van der Waals surface area contributed by atoms with Gasteiger partial charge in [0.25, 0.3) is 0 Å². The van der Waals surface area contributed by atoms with Gasteiger partial charge in [-0.25, -0.2) is 0 Å². The zero-order valence-corrected chi connectivity index (χ0v) is 9.48. The highest BCUT2D eigenvalue weighted by molar-refractivity contribution is 5.13. The number of hydrogen-bond donors (Lipinski definition) is 1. The van der Waals surface area contributed by atoms with Crippen LogP contribution in [0.3, 0.4) is 0 Å². The third-order valence-electron chi connectivity index (χ3n) is 2.63. The van der Waals surface area contributed by atoms with Crippen molar-refractivity contribution in [3.63, 3.8) is 0 Å². The van der Waals surface area contributed by atoms with Crippen LogP contribution in [0.1, 0.15) is 19.3 Å². The average Bonchev–Trinajstić information content (AvgIpc) is 2.59. The first-order chi connectivity index (χ1) is 7.88. The first kappa shape index (κ1) is 11.1. The van der Waals surface area contributed by atoms with Gasteiger partial charge in [0.2, 0.25) is 0 Å². The molecule has 88 valence electrons. The highest BCUT2D eigenvalue weighted by Gasteiger charge is 2.14. The van der Waals surface area contributed by atoms with Crippen LogP contribution in [0.2, 0.25) is 0 Å². The largest absolute Gasteiger partial charge is 0.494 e. The highest BCUT2D eigenvalue weighted by Crippen LogP contribution is 2.14. The first-order valence-corrected chi connectivity index (χ1v) is 5.62. The molecule has 0 saturated carbocycles. The topological polar surface area (TPSA) is 56.3 Å². The lowest BCUT2D eigenvalue weighted by molar-refractivity contribution is 0.171. The molecule has 0 aliphatic carbocycles. The standard InChI is InChI=1S/C11H17N3O2/c1-15-10-7-13-11(14-8-10)16-9-3-2-5-12-6-4-9/h7-9,12H,2-6H2,1H3. The molecule has 1 saturated heterocycles. The third kappa shape index (κ3) is 3.06. The molecule has 0 aromatic carbocycles. The van der Waals surface area contributed by atoms with E-state index in [4.69, 9.17) is 9.47 Å². The Hall–Kier alpha value is -1.36. The van der Waals surface area contributed by atoms with Crippen molar-refractivity contribution >= 4 is 0 Å². The Balaban J connectivity index is 1.91. The average molecular weight is 223 g/mol. The Morgan fingerprint density at radius 1 is 1.25 bits per heavy atom. The van der Waals surface area contributed by atoms with Crippen LogP contribution in [-0.4, -0.2) is 36.3 Å². The summed E-state index contributed by atoms with van der Waals surface area (Å²) in [7, 11) is 1.59. The smallest absolute Gasteiger partial charge is 0.316 e. The quantitative estimate of drug-likeness (QED) is 0.828. The van der Waals surface area contributed by atoms with Gasteiger partial charge in [0.15, 0.2) is 5.75 Å². The summed E-state index contributed by atoms with van der Waals surface area (Å²) in [4.78, 5) is 8.19. The molecule has 0 spiro atoms. The molecule has 0 radical (unpaired) electrons. The van der Waals surface area contributed by atoms with E-state index in [1.165, 1.54) is 0 Å². The Bertz CT molecular complexity index is 308. The molecule has 1 aliphatic rings. The number of hydrogen-bond acceptors (Lipinski definition) is 5. The van der Waals surface area contributed by atoms with Crippen LogP contribution in [0.25, 0.3) is 0 Å². The summed E-state index contributed by atoms with van der Waals surface area (Å²) in [6.45, 7) is 2.07. The van der Waals surface area contributed by atoms with Crippen LogP contribution in [0.4, 0.5) is 0 Å². The SMILES string of the molecule is COc1cnc(OC2CCCNCC2)nc1. The molecule has 2 heterocycles. The maximum Gasteiger partial charge on any atom is 0.316 e. The molecule has 16 heavy (non-hydrogen) atoms. The van der Waals surface area contributed by atoms with Gasteiger partial charge < -0.3 is 14.8 Å². The summed E-state index contributed by atoms with van der Waals surface area (Å²) in [6.07, 6.45) is 6.68. The molecular weight excluding hydrogens is 206 g/mol. The van der Waals surface area contributed by atoms with Crippen molar-refractivity contribution in [1.82, 2.24) is 15.3 Å². The molecule has 1 atom stereocenters. The summed E-state index contributed by atoms with van der Waals surface area (Å²) < 4.78 is 10.7. The number of nitrogens with zero attached hydrogens (tertiary/aromatic N) is 2. The zero-order chi connectivity index (χ0) is 11.2. The molecule has 0 amide bonds. The fourth-order valence-corrected chi connectivity index (χ4v) is 1.72. The second-order valence-corrected chi connectivity index (χ2v) is 3.83. The molecule has 0 bridgehead atoms. The number of rotatable bonds is 3. The van der Waals surface area contributed by atoms with E-state index in [9.17, 15) is 0 Å². The minimum atomic E-state index is 0.225. The van der Waals surface area contributed by atoms with Crippen LogP contribution >= 0.6 is 0 Å². The molecule has 1 aromatic heterocycles. The zero-order valence-electron chi connectivity index (χ0n) is 9.48. The molecule has 2 rings (SSSR count). The van der Waals surface area contributed by atoms with E-state index in [2.05, 4.69) is 15.3 Å². The van der Waals surface area contributed by atoms with Crippen molar-refractivity contribution in [2.75, 3.05) is 20.2 Å². The van der Waals surface area contributed by atoms with Crippen molar-refractivity contribution in [3.8, 4) is 11.8 Å². The summed E-state index contributed by atoms with van der Waals surface area (Å²) in [5.41, 5.74) is 0. The second-order valence-electron chi connectivity index (χ2n) is 3.83. The van der Waals surface area contributed by atoms with Crippen molar-refractivity contribution in [1.29, 1.82) is 0 Å². The molecule has 5 heteroatoms. The number of nitrogens with one attached hydrogen (secondary N) is 1. The van der Waals surface area contributed by atoms with E-state index in [1.807, 2.05) is 0 Å². The maximum atomic E-state index is 5.72. The van der Waals surface area contributed by atoms with Crippen LogP contribution in [-0.2, 0) is 0 Å². The van der Waals surface area contributed by atoms with Crippen molar-refractivity contribution in [2.45, 2.75) is 25.4 Å². The van der Waals surface area contributed by atoms with Crippen molar-refractivity contribution in [3.05, 3.63) is 12.4 Å². The van der Waals surface area contributed by atoms with Crippen LogP contribution in [0, 0.1) is 0 Å². The first-order valence-electron chi connectivity index (χ1n) is 5.62. The van der Waals surface area contributed by atoms with E-state index in [0.29, 0.717) is 11.8 Å². The maximum absolute atomic E-state index is 5.72. The number of methoxy groups -OCH3 is 1. The summed E-state index contributed by atoms with van der Waals surface area (Å²) in [5, 5.41) is 3.34. The lowest BCUT2D eigenvalue weighted by Crippen LogP contribution is -2.20. The van der Waals surface area contributed by atoms with E-state index >= 15 is 0 Å². The van der Waals surface area contributed by atoms with Gasteiger partial charge in [-0.2, -0.15) is 9.97 Å². The van der Waals surface area contributed by atoms with Crippen LogP contribution in [0.15, 0.2) is 12.4 Å². The van der Waals surface area contributed by atoms with Gasteiger partial charge in [-0.1, -0.05) is 0 Å². The molecule has 5 nitrogen and oxygen atoms in total. The van der Waals surface area contributed by atoms with E-state index in [-0.39, 0.29) is 6.10 Å². The number of ether oxygens (including phenoxy) is 2. The fraction of sp³-hybridized carbons (Fsp3) is 0.636. The van der Waals surface area contributed by atoms with Crippen LogP contribution < -0.4 is 14.8 Å². The Morgan fingerprint density at radius 2 is 2.06 bits per heavy atom. The second kappa shape index (κ2) is 5.65. The monoisotopic (exact) mass is 223 g/mol. The Morgan fingerprint density at radius 3 is 2.81 bits per heavy atom. The summed E-state index contributed by atoms with van der Waals surface area (Å²) in [6, 6.07) is 0.438. The van der Waals surface area contributed by atoms with Gasteiger partial charge in [-0.15, -0.1) is 0 Å². The van der Waals surface area contributed by atoms with E-state index in [1.54, 1.807) is 19.5 Å². The van der Waals surface area contributed by atoms with Gasteiger partial charge in [0, 0.05) is 0 Å². The molecular formula is C11H17N3O2. The van der Waals surface area contributed by atoms with Gasteiger partial charge in [0.1, 0.15) is 6.10 Å². The molecule has 1 fully saturated rings. The minimum absolute atomic E-state index is 0.225. The molecule has 1 aliphatic heterocycles. The lowest BCUT2D eigenvalue weighted by Gasteiger charge is -2.14. The van der Waals surface area contributed by atoms with Gasteiger partial charge >= 0.3 is 6.01 Å². The van der Waals surface area contributed by atoms with E-state index in [0.717, 1.165) is 32.4 Å². The van der Waals surface area contributed by atoms with Gasteiger partial charge in [0.05, 0.1) is 19.5 Å². The Kier molecular flexibility index (Phi) is 3.93. The summed E-state index contributed by atoms with van der Waals surface area (Å²) >= 11 is 0.